The molecule has 92 valence electrons. The summed E-state index contributed by atoms with van der Waals surface area (Å²) in [5, 5.41) is 0. The molecule has 0 amide bonds. The Balaban J connectivity index is 2.21. The monoisotopic (exact) mass is 234 g/mol. The van der Waals surface area contributed by atoms with E-state index in [9.17, 15) is 4.79 Å². The summed E-state index contributed by atoms with van der Waals surface area (Å²) in [4.78, 5) is 11.9. The Morgan fingerprint density at radius 3 is 2.71 bits per heavy atom. The average molecular weight is 234 g/mol. The van der Waals surface area contributed by atoms with Gasteiger partial charge in [0.05, 0.1) is 13.2 Å². The van der Waals surface area contributed by atoms with E-state index in [-0.39, 0.29) is 18.0 Å². The van der Waals surface area contributed by atoms with Crippen LogP contribution in [0.2, 0.25) is 0 Å². The van der Waals surface area contributed by atoms with Gasteiger partial charge in [0.15, 0.2) is 0 Å². The number of hydrogen-bond acceptors (Lipinski definition) is 3. The number of benzene rings is 1. The van der Waals surface area contributed by atoms with E-state index < -0.39 is 0 Å². The van der Waals surface area contributed by atoms with Gasteiger partial charge in [0.2, 0.25) is 0 Å². The molecule has 0 bridgehead atoms. The number of carbonyl (C=O) groups is 1. The third-order valence-electron chi connectivity index (χ3n) is 3.20. The summed E-state index contributed by atoms with van der Waals surface area (Å²) in [7, 11) is 1.43. The summed E-state index contributed by atoms with van der Waals surface area (Å²) in [6.07, 6.45) is 3.08. The van der Waals surface area contributed by atoms with Crippen molar-refractivity contribution in [2.24, 2.45) is 0 Å². The molecule has 17 heavy (non-hydrogen) atoms. The maximum absolute atomic E-state index is 11.9. The van der Waals surface area contributed by atoms with Gasteiger partial charge in [-0.15, -0.1) is 0 Å². The highest BCUT2D eigenvalue weighted by Gasteiger charge is 2.32. The van der Waals surface area contributed by atoms with Crippen molar-refractivity contribution in [3.05, 3.63) is 35.9 Å². The van der Waals surface area contributed by atoms with Gasteiger partial charge >= 0.3 is 5.97 Å². The smallest absolute Gasteiger partial charge is 0.315 e. The molecule has 1 aromatic carbocycles. The second-order valence-corrected chi connectivity index (χ2v) is 4.32. The zero-order valence-corrected chi connectivity index (χ0v) is 10.1. The minimum absolute atomic E-state index is 0.0430. The van der Waals surface area contributed by atoms with E-state index in [4.69, 9.17) is 9.47 Å². The normalized spacial score (nSPS) is 21.8. The second kappa shape index (κ2) is 5.82. The van der Waals surface area contributed by atoms with Gasteiger partial charge in [-0.1, -0.05) is 30.3 Å². The molecule has 0 radical (unpaired) electrons. The van der Waals surface area contributed by atoms with Gasteiger partial charge in [-0.2, -0.15) is 0 Å². The summed E-state index contributed by atoms with van der Waals surface area (Å²) < 4.78 is 10.6. The van der Waals surface area contributed by atoms with Gasteiger partial charge in [0, 0.05) is 6.61 Å². The fraction of sp³-hybridized carbons (Fsp3) is 0.500. The number of esters is 1. The summed E-state index contributed by atoms with van der Waals surface area (Å²) >= 11 is 0. The molecule has 3 heteroatoms. The first-order valence-corrected chi connectivity index (χ1v) is 6.07. The first-order chi connectivity index (χ1) is 8.33. The molecule has 3 nitrogen and oxygen atoms in total. The highest BCUT2D eigenvalue weighted by atomic mass is 16.5. The number of carbonyl (C=O) groups excluding carboxylic acids is 1. The predicted octanol–water partition coefficient (Wildman–Crippen LogP) is 2.51. The molecule has 1 aromatic rings. The Morgan fingerprint density at radius 1 is 1.35 bits per heavy atom. The standard InChI is InChI=1S/C14H18O3/c1-16-14(15)13(11-7-3-2-4-8-11)12-9-5-6-10-17-12/h2-4,7-8,12-13H,5-6,9-10H2,1H3/t12-,13-/m0/s1. The van der Waals surface area contributed by atoms with E-state index in [0.29, 0.717) is 0 Å². The SMILES string of the molecule is COC(=O)[C@@H](c1ccccc1)[C@@H]1CCCCO1. The van der Waals surface area contributed by atoms with E-state index in [1.165, 1.54) is 7.11 Å². The Hall–Kier alpha value is -1.35. The van der Waals surface area contributed by atoms with Crippen LogP contribution in [-0.4, -0.2) is 25.8 Å². The highest BCUT2D eigenvalue weighted by Crippen LogP contribution is 2.29. The lowest BCUT2D eigenvalue weighted by Crippen LogP contribution is -2.32. The lowest BCUT2D eigenvalue weighted by atomic mass is 9.89. The minimum Gasteiger partial charge on any atom is -0.468 e. The number of methoxy groups -OCH3 is 1. The molecule has 0 unspecified atom stereocenters. The molecule has 1 saturated heterocycles. The zero-order valence-electron chi connectivity index (χ0n) is 10.1. The van der Waals surface area contributed by atoms with E-state index in [1.54, 1.807) is 0 Å². The lowest BCUT2D eigenvalue weighted by molar-refractivity contribution is -0.147. The first kappa shape index (κ1) is 12.1. The molecule has 0 spiro atoms. The number of hydrogen-bond donors (Lipinski definition) is 0. The van der Waals surface area contributed by atoms with Crippen LogP contribution < -0.4 is 0 Å². The third-order valence-corrected chi connectivity index (χ3v) is 3.20. The Labute approximate surface area is 102 Å². The lowest BCUT2D eigenvalue weighted by Gasteiger charge is -2.29. The van der Waals surface area contributed by atoms with Crippen molar-refractivity contribution in [3.8, 4) is 0 Å². The molecule has 0 N–H and O–H groups in total. The second-order valence-electron chi connectivity index (χ2n) is 4.32. The van der Waals surface area contributed by atoms with Crippen LogP contribution in [0.5, 0.6) is 0 Å². The third kappa shape index (κ3) is 2.86. The fourth-order valence-electron chi connectivity index (χ4n) is 2.32. The van der Waals surface area contributed by atoms with Crippen molar-refractivity contribution in [2.75, 3.05) is 13.7 Å². The Kier molecular flexibility index (Phi) is 4.15. The maximum atomic E-state index is 11.9. The summed E-state index contributed by atoms with van der Waals surface area (Å²) in [6.45, 7) is 0.741. The molecule has 2 atom stereocenters. The van der Waals surface area contributed by atoms with Crippen LogP contribution >= 0.6 is 0 Å². The van der Waals surface area contributed by atoms with Crippen molar-refractivity contribution in [2.45, 2.75) is 31.3 Å². The van der Waals surface area contributed by atoms with Gasteiger partial charge in [-0.3, -0.25) is 4.79 Å². The molecule has 2 rings (SSSR count). The largest absolute Gasteiger partial charge is 0.468 e. The molecule has 1 fully saturated rings. The predicted molar refractivity (Wildman–Crippen MR) is 64.8 cm³/mol. The summed E-state index contributed by atoms with van der Waals surface area (Å²) in [5.74, 6) is -0.496. The van der Waals surface area contributed by atoms with E-state index in [1.807, 2.05) is 30.3 Å². The maximum Gasteiger partial charge on any atom is 0.315 e. The van der Waals surface area contributed by atoms with Crippen LogP contribution in [-0.2, 0) is 14.3 Å². The van der Waals surface area contributed by atoms with Crippen molar-refractivity contribution < 1.29 is 14.3 Å². The first-order valence-electron chi connectivity index (χ1n) is 6.07. The van der Waals surface area contributed by atoms with Crippen LogP contribution in [0.15, 0.2) is 30.3 Å². The van der Waals surface area contributed by atoms with Gasteiger partial charge in [0.1, 0.15) is 5.92 Å². The van der Waals surface area contributed by atoms with Gasteiger partial charge < -0.3 is 9.47 Å². The van der Waals surface area contributed by atoms with Crippen LogP contribution in [0, 0.1) is 0 Å². The number of ether oxygens (including phenoxy) is 2. The van der Waals surface area contributed by atoms with Crippen molar-refractivity contribution in [1.82, 2.24) is 0 Å². The highest BCUT2D eigenvalue weighted by molar-refractivity contribution is 5.78. The molecule has 1 aliphatic heterocycles. The molecule has 0 aromatic heterocycles. The van der Waals surface area contributed by atoms with Crippen molar-refractivity contribution in [1.29, 1.82) is 0 Å². The van der Waals surface area contributed by atoms with Crippen LogP contribution in [0.1, 0.15) is 30.7 Å². The Bertz CT molecular complexity index is 355. The molecule has 0 aliphatic carbocycles. The van der Waals surface area contributed by atoms with Gasteiger partial charge in [-0.25, -0.2) is 0 Å². The molecule has 1 heterocycles. The molecular formula is C14H18O3. The zero-order chi connectivity index (χ0) is 12.1. The average Bonchev–Trinajstić information content (AvgIpc) is 2.41. The van der Waals surface area contributed by atoms with Crippen LogP contribution in [0.4, 0.5) is 0 Å². The van der Waals surface area contributed by atoms with Gasteiger partial charge in [0.25, 0.3) is 0 Å². The van der Waals surface area contributed by atoms with Crippen LogP contribution in [0.25, 0.3) is 0 Å². The van der Waals surface area contributed by atoms with E-state index in [0.717, 1.165) is 31.4 Å². The number of rotatable bonds is 3. The van der Waals surface area contributed by atoms with Gasteiger partial charge in [-0.05, 0) is 24.8 Å². The Morgan fingerprint density at radius 2 is 2.12 bits per heavy atom. The van der Waals surface area contributed by atoms with Crippen molar-refractivity contribution >= 4 is 5.97 Å². The molecule has 1 aliphatic rings. The molecule has 0 saturated carbocycles. The summed E-state index contributed by atoms with van der Waals surface area (Å²) in [6, 6.07) is 9.74. The topological polar surface area (TPSA) is 35.5 Å². The van der Waals surface area contributed by atoms with Crippen LogP contribution in [0.3, 0.4) is 0 Å². The van der Waals surface area contributed by atoms with Crippen molar-refractivity contribution in [3.63, 3.8) is 0 Å². The summed E-state index contributed by atoms with van der Waals surface area (Å²) in [5.41, 5.74) is 0.978. The minimum atomic E-state index is -0.290. The molecular weight excluding hydrogens is 216 g/mol. The quantitative estimate of drug-likeness (QED) is 0.754. The van der Waals surface area contributed by atoms with E-state index >= 15 is 0 Å². The fourth-order valence-corrected chi connectivity index (χ4v) is 2.32. The van der Waals surface area contributed by atoms with E-state index in [2.05, 4.69) is 0 Å².